The second-order valence-electron chi connectivity index (χ2n) is 6.62. The highest BCUT2D eigenvalue weighted by Crippen LogP contribution is 2.28. The number of rotatable bonds is 8. The van der Waals surface area contributed by atoms with Crippen molar-refractivity contribution >= 4 is 38.9 Å². The zero-order valence-electron chi connectivity index (χ0n) is 16.5. The van der Waals surface area contributed by atoms with Crippen LogP contribution in [0.25, 0.3) is 0 Å². The molecule has 152 valence electrons. The maximum atomic E-state index is 12.3. The van der Waals surface area contributed by atoms with Crippen LogP contribution in [0.5, 0.6) is 5.75 Å². The van der Waals surface area contributed by atoms with Gasteiger partial charge >= 0.3 is 0 Å². The first-order valence-corrected chi connectivity index (χ1v) is 11.0. The summed E-state index contributed by atoms with van der Waals surface area (Å²) in [6.07, 6.45) is 1.70. The smallest absolute Gasteiger partial charge is 0.232 e. The van der Waals surface area contributed by atoms with Gasteiger partial charge in [-0.05, 0) is 55.7 Å². The molecule has 0 spiro atoms. The van der Waals surface area contributed by atoms with Crippen LogP contribution in [0.4, 0.5) is 11.4 Å². The zero-order valence-corrected chi connectivity index (χ0v) is 18.0. The summed E-state index contributed by atoms with van der Waals surface area (Å²) in [6, 6.07) is 10.6. The number of nitrogens with one attached hydrogen (secondary N) is 1. The Labute approximate surface area is 171 Å². The number of aryl methyl sites for hydroxylation is 2. The van der Waals surface area contributed by atoms with E-state index >= 15 is 0 Å². The molecular formula is C20H25ClN2O4S. The maximum absolute atomic E-state index is 12.3. The van der Waals surface area contributed by atoms with Crippen molar-refractivity contribution in [2.45, 2.75) is 26.7 Å². The molecule has 0 heterocycles. The molecule has 8 heteroatoms. The summed E-state index contributed by atoms with van der Waals surface area (Å²) in [4.78, 5) is 12.3. The number of nitrogens with zero attached hydrogens (tertiary/aromatic N) is 1. The minimum atomic E-state index is -3.47. The third-order valence-corrected chi connectivity index (χ3v) is 5.65. The standard InChI is InChI=1S/C20H25ClN2O4S/c1-14-7-8-15(2)18(12-14)23(28(4,25)26)11-5-6-20(24)22-17-13-16(21)9-10-19(17)27-3/h7-10,12-13H,5-6,11H2,1-4H3,(H,22,24). The number of sulfonamides is 1. The highest BCUT2D eigenvalue weighted by Gasteiger charge is 2.19. The van der Waals surface area contributed by atoms with Crippen LogP contribution in [-0.4, -0.2) is 34.2 Å². The van der Waals surface area contributed by atoms with Crippen LogP contribution in [-0.2, 0) is 14.8 Å². The SMILES string of the molecule is COc1ccc(Cl)cc1NC(=O)CCCN(c1cc(C)ccc1C)S(C)(=O)=O. The fraction of sp³-hybridized carbons (Fsp3) is 0.350. The van der Waals surface area contributed by atoms with E-state index in [1.165, 1.54) is 17.7 Å². The fourth-order valence-electron chi connectivity index (χ4n) is 2.83. The molecule has 0 aliphatic rings. The van der Waals surface area contributed by atoms with Gasteiger partial charge in [0.2, 0.25) is 15.9 Å². The molecule has 0 radical (unpaired) electrons. The molecule has 1 amide bonds. The minimum Gasteiger partial charge on any atom is -0.495 e. The quantitative estimate of drug-likeness (QED) is 0.690. The molecule has 28 heavy (non-hydrogen) atoms. The van der Waals surface area contributed by atoms with Crippen molar-refractivity contribution < 1.29 is 17.9 Å². The zero-order chi connectivity index (χ0) is 20.9. The van der Waals surface area contributed by atoms with Crippen LogP contribution in [0.3, 0.4) is 0 Å². The second-order valence-corrected chi connectivity index (χ2v) is 8.96. The van der Waals surface area contributed by atoms with E-state index < -0.39 is 10.0 Å². The Hall–Kier alpha value is -2.25. The predicted octanol–water partition coefficient (Wildman–Crippen LogP) is 4.15. The average molecular weight is 425 g/mol. The third-order valence-electron chi connectivity index (χ3n) is 4.23. The number of hydrogen-bond donors (Lipinski definition) is 1. The molecule has 1 N–H and O–H groups in total. The van der Waals surface area contributed by atoms with Crippen molar-refractivity contribution in [3.63, 3.8) is 0 Å². The summed E-state index contributed by atoms with van der Waals surface area (Å²) >= 11 is 5.97. The highest BCUT2D eigenvalue weighted by molar-refractivity contribution is 7.92. The van der Waals surface area contributed by atoms with Crippen molar-refractivity contribution in [2.24, 2.45) is 0 Å². The molecule has 0 aromatic heterocycles. The van der Waals surface area contributed by atoms with E-state index in [4.69, 9.17) is 16.3 Å². The number of carbonyl (C=O) groups excluding carboxylic acids is 1. The van der Waals surface area contributed by atoms with Crippen molar-refractivity contribution in [3.05, 3.63) is 52.5 Å². The Balaban J connectivity index is 2.06. The highest BCUT2D eigenvalue weighted by atomic mass is 35.5. The molecule has 2 rings (SSSR count). The van der Waals surface area contributed by atoms with Crippen LogP contribution in [0, 0.1) is 13.8 Å². The lowest BCUT2D eigenvalue weighted by Gasteiger charge is -2.24. The molecule has 0 saturated carbocycles. The summed E-state index contributed by atoms with van der Waals surface area (Å²) in [6.45, 7) is 3.99. The van der Waals surface area contributed by atoms with Gasteiger partial charge in [0.1, 0.15) is 5.75 Å². The Morgan fingerprint density at radius 3 is 2.54 bits per heavy atom. The van der Waals surface area contributed by atoms with Crippen LogP contribution in [0.1, 0.15) is 24.0 Å². The van der Waals surface area contributed by atoms with Gasteiger partial charge in [-0.3, -0.25) is 9.10 Å². The molecule has 2 aromatic carbocycles. The van der Waals surface area contributed by atoms with Gasteiger partial charge in [0.05, 0.1) is 24.7 Å². The number of anilines is 2. The number of methoxy groups -OCH3 is 1. The monoisotopic (exact) mass is 424 g/mol. The van der Waals surface area contributed by atoms with E-state index in [9.17, 15) is 13.2 Å². The van der Waals surface area contributed by atoms with Gasteiger partial charge in [-0.1, -0.05) is 23.7 Å². The van der Waals surface area contributed by atoms with Crippen molar-refractivity contribution in [2.75, 3.05) is 29.5 Å². The van der Waals surface area contributed by atoms with Gasteiger partial charge in [-0.15, -0.1) is 0 Å². The lowest BCUT2D eigenvalue weighted by Crippen LogP contribution is -2.32. The van der Waals surface area contributed by atoms with E-state index in [2.05, 4.69) is 5.32 Å². The Morgan fingerprint density at radius 2 is 1.89 bits per heavy atom. The number of benzene rings is 2. The van der Waals surface area contributed by atoms with E-state index in [0.717, 1.165) is 11.1 Å². The van der Waals surface area contributed by atoms with Gasteiger partial charge in [-0.25, -0.2) is 8.42 Å². The Morgan fingerprint density at radius 1 is 1.18 bits per heavy atom. The normalized spacial score (nSPS) is 11.2. The summed E-state index contributed by atoms with van der Waals surface area (Å²) in [5.74, 6) is 0.265. The number of halogens is 1. The Bertz CT molecular complexity index is 961. The number of ether oxygens (including phenoxy) is 1. The minimum absolute atomic E-state index is 0.159. The van der Waals surface area contributed by atoms with Gasteiger partial charge in [0.25, 0.3) is 0 Å². The molecule has 0 atom stereocenters. The molecule has 0 fully saturated rings. The van der Waals surface area contributed by atoms with Crippen LogP contribution < -0.4 is 14.4 Å². The number of hydrogen-bond acceptors (Lipinski definition) is 4. The topological polar surface area (TPSA) is 75.7 Å². The largest absolute Gasteiger partial charge is 0.495 e. The molecule has 2 aromatic rings. The fourth-order valence-corrected chi connectivity index (χ4v) is 4.01. The van der Waals surface area contributed by atoms with Gasteiger partial charge in [-0.2, -0.15) is 0 Å². The molecule has 6 nitrogen and oxygen atoms in total. The number of amides is 1. The second kappa shape index (κ2) is 9.30. The summed E-state index contributed by atoms with van der Waals surface area (Å²) in [7, 11) is -1.96. The molecule has 0 aliphatic carbocycles. The van der Waals surface area contributed by atoms with E-state index in [1.807, 2.05) is 32.0 Å². The first kappa shape index (κ1) is 22.0. The van der Waals surface area contributed by atoms with Gasteiger partial charge < -0.3 is 10.1 Å². The third kappa shape index (κ3) is 5.87. The first-order chi connectivity index (χ1) is 13.1. The van der Waals surface area contributed by atoms with Crippen molar-refractivity contribution in [3.8, 4) is 5.75 Å². The van der Waals surface area contributed by atoms with Crippen molar-refractivity contribution in [1.29, 1.82) is 0 Å². The van der Waals surface area contributed by atoms with E-state index in [1.54, 1.807) is 18.2 Å². The van der Waals surface area contributed by atoms with Gasteiger partial charge in [0.15, 0.2) is 0 Å². The van der Waals surface area contributed by atoms with E-state index in [-0.39, 0.29) is 18.9 Å². The lowest BCUT2D eigenvalue weighted by molar-refractivity contribution is -0.116. The lowest BCUT2D eigenvalue weighted by atomic mass is 10.1. The Kier molecular flexibility index (Phi) is 7.32. The predicted molar refractivity (Wildman–Crippen MR) is 114 cm³/mol. The maximum Gasteiger partial charge on any atom is 0.232 e. The molecular weight excluding hydrogens is 400 g/mol. The summed E-state index contributed by atoms with van der Waals surface area (Å²) in [5, 5.41) is 3.24. The summed E-state index contributed by atoms with van der Waals surface area (Å²) < 4.78 is 31.1. The first-order valence-electron chi connectivity index (χ1n) is 8.80. The van der Waals surface area contributed by atoms with E-state index in [0.29, 0.717) is 28.6 Å². The van der Waals surface area contributed by atoms with Gasteiger partial charge in [0, 0.05) is 18.0 Å². The molecule has 0 unspecified atom stereocenters. The van der Waals surface area contributed by atoms with Crippen LogP contribution in [0.2, 0.25) is 5.02 Å². The summed E-state index contributed by atoms with van der Waals surface area (Å²) in [5.41, 5.74) is 2.96. The molecule has 0 aliphatic heterocycles. The average Bonchev–Trinajstić information content (AvgIpc) is 2.60. The number of carbonyl (C=O) groups is 1. The van der Waals surface area contributed by atoms with Crippen molar-refractivity contribution in [1.82, 2.24) is 0 Å². The molecule has 0 saturated heterocycles. The molecule has 0 bridgehead atoms. The van der Waals surface area contributed by atoms with Crippen LogP contribution >= 0.6 is 11.6 Å². The van der Waals surface area contributed by atoms with Crippen LogP contribution in [0.15, 0.2) is 36.4 Å².